The molecule has 1 amide bonds. The van der Waals surface area contributed by atoms with Crippen LogP contribution in [0.1, 0.15) is 12.5 Å². The summed E-state index contributed by atoms with van der Waals surface area (Å²) in [7, 11) is 0. The van der Waals surface area contributed by atoms with Crippen LogP contribution in [0.25, 0.3) is 6.08 Å². The summed E-state index contributed by atoms with van der Waals surface area (Å²) in [4.78, 5) is 12.0. The van der Waals surface area contributed by atoms with Crippen molar-refractivity contribution in [2.24, 2.45) is 0 Å². The zero-order valence-electron chi connectivity index (χ0n) is 12.6. The normalized spacial score (nSPS) is 12.3. The lowest BCUT2D eigenvalue weighted by atomic mass is 10.2. The first-order valence-corrected chi connectivity index (χ1v) is 8.20. The maximum Gasteiger partial charge on any atom is 0.237 e. The van der Waals surface area contributed by atoms with Gasteiger partial charge in [-0.15, -0.1) is 11.8 Å². The van der Waals surface area contributed by atoms with E-state index in [1.165, 1.54) is 17.8 Å². The Hall–Kier alpha value is -2.14. The van der Waals surface area contributed by atoms with E-state index in [0.717, 1.165) is 17.7 Å². The van der Waals surface area contributed by atoms with Gasteiger partial charge in [-0.1, -0.05) is 42.5 Å². The molecule has 2 rings (SSSR count). The summed E-state index contributed by atoms with van der Waals surface area (Å²) in [6.45, 7) is 1.75. The van der Waals surface area contributed by atoms with Crippen molar-refractivity contribution >= 4 is 29.4 Å². The first-order chi connectivity index (χ1) is 11.1. The van der Waals surface area contributed by atoms with Crippen molar-refractivity contribution in [3.05, 3.63) is 71.8 Å². The molecule has 0 spiro atoms. The summed E-state index contributed by atoms with van der Waals surface area (Å²) in [5, 5.41) is 2.12. The average Bonchev–Trinajstić information content (AvgIpc) is 2.55. The number of nitrogens with one attached hydrogen (secondary N) is 1. The van der Waals surface area contributed by atoms with Crippen LogP contribution in [-0.4, -0.2) is 16.9 Å². The second kappa shape index (κ2) is 8.48. The molecule has 5 heteroatoms. The van der Waals surface area contributed by atoms with Crippen molar-refractivity contribution in [3.63, 3.8) is 0 Å². The van der Waals surface area contributed by atoms with Gasteiger partial charge in [0.15, 0.2) is 0 Å². The van der Waals surface area contributed by atoms with Gasteiger partial charge in [0, 0.05) is 11.8 Å². The second-order valence-electron chi connectivity index (χ2n) is 4.90. The van der Waals surface area contributed by atoms with Gasteiger partial charge in [-0.05, 0) is 24.6 Å². The lowest BCUT2D eigenvalue weighted by Crippen LogP contribution is -2.23. The number of carbonyl (C=O) groups excluding carboxylic acids is 1. The van der Waals surface area contributed by atoms with Crippen LogP contribution in [0.3, 0.4) is 0 Å². The number of thioether (sulfide) groups is 1. The first-order valence-electron chi connectivity index (χ1n) is 7.15. The smallest absolute Gasteiger partial charge is 0.237 e. The van der Waals surface area contributed by atoms with Gasteiger partial charge in [-0.25, -0.2) is 8.78 Å². The van der Waals surface area contributed by atoms with Crippen molar-refractivity contribution in [3.8, 4) is 0 Å². The van der Waals surface area contributed by atoms with E-state index in [4.69, 9.17) is 0 Å². The highest BCUT2D eigenvalue weighted by atomic mass is 32.2. The molecule has 0 aromatic heterocycles. The van der Waals surface area contributed by atoms with Gasteiger partial charge >= 0.3 is 0 Å². The Morgan fingerprint density at radius 2 is 1.96 bits per heavy atom. The molecule has 0 saturated heterocycles. The highest BCUT2D eigenvalue weighted by Crippen LogP contribution is 2.18. The molecule has 1 atom stereocenters. The number of anilines is 1. The maximum absolute atomic E-state index is 13.5. The number of halogens is 2. The SMILES string of the molecule is C[C@@H](SC/C=C\c1ccccc1)C(=O)Nc1ccc(F)cc1F. The number of hydrogen-bond acceptors (Lipinski definition) is 2. The van der Waals surface area contributed by atoms with Gasteiger partial charge in [-0.3, -0.25) is 4.79 Å². The van der Waals surface area contributed by atoms with Crippen molar-refractivity contribution < 1.29 is 13.6 Å². The summed E-state index contributed by atoms with van der Waals surface area (Å²) >= 11 is 1.44. The third kappa shape index (κ3) is 5.53. The van der Waals surface area contributed by atoms with Gasteiger partial charge in [0.25, 0.3) is 0 Å². The van der Waals surface area contributed by atoms with Gasteiger partial charge in [-0.2, -0.15) is 0 Å². The third-order valence-electron chi connectivity index (χ3n) is 3.11. The van der Waals surface area contributed by atoms with Crippen LogP contribution in [0.15, 0.2) is 54.6 Å². The number of amides is 1. The zero-order valence-corrected chi connectivity index (χ0v) is 13.4. The standard InChI is InChI=1S/C18H17F2NOS/c1-13(23-11-5-8-14-6-3-2-4-7-14)18(22)21-17-10-9-15(19)12-16(17)20/h2-10,12-13H,11H2,1H3,(H,21,22)/b8-5-/t13-/m1/s1. The Labute approximate surface area is 138 Å². The van der Waals surface area contributed by atoms with Gasteiger partial charge in [0.2, 0.25) is 5.91 Å². The molecule has 2 aromatic rings. The second-order valence-corrected chi connectivity index (χ2v) is 6.28. The molecule has 0 unspecified atom stereocenters. The fraction of sp³-hybridized carbons (Fsp3) is 0.167. The summed E-state index contributed by atoms with van der Waals surface area (Å²) in [5.74, 6) is -1.10. The van der Waals surface area contributed by atoms with Crippen LogP contribution >= 0.6 is 11.8 Å². The van der Waals surface area contributed by atoms with Crippen LogP contribution in [0, 0.1) is 11.6 Å². The maximum atomic E-state index is 13.5. The Morgan fingerprint density at radius 1 is 1.22 bits per heavy atom. The molecular weight excluding hydrogens is 316 g/mol. The monoisotopic (exact) mass is 333 g/mol. The summed E-state index contributed by atoms with van der Waals surface area (Å²) in [6, 6.07) is 12.9. The highest BCUT2D eigenvalue weighted by Gasteiger charge is 2.14. The Kier molecular flexibility index (Phi) is 6.35. The number of carbonyl (C=O) groups is 1. The van der Waals surface area contributed by atoms with Crippen molar-refractivity contribution in [2.45, 2.75) is 12.2 Å². The van der Waals surface area contributed by atoms with Gasteiger partial charge in [0.05, 0.1) is 10.9 Å². The van der Waals surface area contributed by atoms with E-state index >= 15 is 0 Å². The van der Waals surface area contributed by atoms with Crippen LogP contribution in [0.4, 0.5) is 14.5 Å². The Balaban J connectivity index is 1.82. The molecule has 0 heterocycles. The molecule has 1 N–H and O–H groups in total. The molecule has 2 nitrogen and oxygen atoms in total. The number of rotatable bonds is 6. The van der Waals surface area contributed by atoms with E-state index in [-0.39, 0.29) is 16.8 Å². The molecule has 2 aromatic carbocycles. The molecule has 0 aliphatic carbocycles. The lowest BCUT2D eigenvalue weighted by molar-refractivity contribution is -0.115. The van der Waals surface area contributed by atoms with Crippen LogP contribution in [-0.2, 0) is 4.79 Å². The van der Waals surface area contributed by atoms with E-state index in [0.29, 0.717) is 5.75 Å². The molecule has 0 aliphatic heterocycles. The predicted octanol–water partition coefficient (Wildman–Crippen LogP) is 4.74. The Morgan fingerprint density at radius 3 is 2.65 bits per heavy atom. The fourth-order valence-electron chi connectivity index (χ4n) is 1.85. The molecular formula is C18H17F2NOS. The summed E-state index contributed by atoms with van der Waals surface area (Å²) in [5.41, 5.74) is 1.09. The number of benzene rings is 2. The van der Waals surface area contributed by atoms with Crippen LogP contribution in [0.2, 0.25) is 0 Å². The molecule has 23 heavy (non-hydrogen) atoms. The molecule has 0 aliphatic rings. The summed E-state index contributed by atoms with van der Waals surface area (Å²) in [6.07, 6.45) is 3.96. The van der Waals surface area contributed by atoms with E-state index in [9.17, 15) is 13.6 Å². The minimum atomic E-state index is -0.778. The van der Waals surface area contributed by atoms with Gasteiger partial charge in [0.1, 0.15) is 11.6 Å². The average molecular weight is 333 g/mol. The molecule has 0 bridgehead atoms. The van der Waals surface area contributed by atoms with E-state index in [1.807, 2.05) is 42.5 Å². The van der Waals surface area contributed by atoms with Crippen LogP contribution < -0.4 is 5.32 Å². The highest BCUT2D eigenvalue weighted by molar-refractivity contribution is 8.00. The minimum absolute atomic E-state index is 0.0105. The van der Waals surface area contributed by atoms with E-state index in [2.05, 4.69) is 5.32 Å². The Bertz CT molecular complexity index is 689. The van der Waals surface area contributed by atoms with Crippen LogP contribution in [0.5, 0.6) is 0 Å². The van der Waals surface area contributed by atoms with Crippen molar-refractivity contribution in [1.29, 1.82) is 0 Å². The molecule has 0 radical (unpaired) electrons. The lowest BCUT2D eigenvalue weighted by Gasteiger charge is -2.11. The van der Waals surface area contributed by atoms with Crippen molar-refractivity contribution in [1.82, 2.24) is 0 Å². The minimum Gasteiger partial charge on any atom is -0.323 e. The molecule has 0 saturated carbocycles. The molecule has 120 valence electrons. The summed E-state index contributed by atoms with van der Waals surface area (Å²) < 4.78 is 26.3. The van der Waals surface area contributed by atoms with E-state index < -0.39 is 11.6 Å². The topological polar surface area (TPSA) is 29.1 Å². The predicted molar refractivity (Wildman–Crippen MR) is 92.4 cm³/mol. The largest absolute Gasteiger partial charge is 0.323 e. The first kappa shape index (κ1) is 17.2. The van der Waals surface area contributed by atoms with Gasteiger partial charge < -0.3 is 5.32 Å². The quantitative estimate of drug-likeness (QED) is 0.827. The fourth-order valence-corrected chi connectivity index (χ4v) is 2.56. The molecule has 0 fully saturated rings. The van der Waals surface area contributed by atoms with Crippen molar-refractivity contribution in [2.75, 3.05) is 11.1 Å². The third-order valence-corrected chi connectivity index (χ3v) is 4.21. The van der Waals surface area contributed by atoms with E-state index in [1.54, 1.807) is 6.92 Å². The number of hydrogen-bond donors (Lipinski definition) is 1. The zero-order chi connectivity index (χ0) is 16.7.